The Morgan fingerprint density at radius 3 is 2.52 bits per heavy atom. The molecular weight excluding hydrogens is 534 g/mol. The predicted octanol–water partition coefficient (Wildman–Crippen LogP) is 6.41. The summed E-state index contributed by atoms with van der Waals surface area (Å²) >= 11 is 0. The fourth-order valence-electron chi connectivity index (χ4n) is 5.25. The number of imidazole rings is 1. The summed E-state index contributed by atoms with van der Waals surface area (Å²) in [6.45, 7) is 12.8. The number of ether oxygens (including phenoxy) is 3. The van der Waals surface area contributed by atoms with E-state index in [4.69, 9.17) is 24.2 Å². The second-order valence-electron chi connectivity index (χ2n) is 12.8. The van der Waals surface area contributed by atoms with E-state index in [-0.39, 0.29) is 6.04 Å². The van der Waals surface area contributed by atoms with Crippen LogP contribution in [0.25, 0.3) is 11.0 Å². The first-order valence-corrected chi connectivity index (χ1v) is 14.8. The number of benzene rings is 1. The summed E-state index contributed by atoms with van der Waals surface area (Å²) in [6, 6.07) is 9.75. The molecule has 42 heavy (non-hydrogen) atoms. The molecule has 10 nitrogen and oxygen atoms in total. The van der Waals surface area contributed by atoms with Crippen molar-refractivity contribution in [3.05, 3.63) is 53.6 Å². The lowest BCUT2D eigenvalue weighted by molar-refractivity contribution is 0.0520. The molecule has 228 valence electrons. The number of para-hydroxylation sites is 2. The van der Waals surface area contributed by atoms with Crippen molar-refractivity contribution in [3.8, 4) is 5.75 Å². The number of nitrogens with zero attached hydrogens (tertiary/aromatic N) is 4. The van der Waals surface area contributed by atoms with Gasteiger partial charge in [0, 0.05) is 6.54 Å². The minimum atomic E-state index is -0.647. The van der Waals surface area contributed by atoms with Crippen LogP contribution in [0, 0.1) is 0 Å². The van der Waals surface area contributed by atoms with Crippen molar-refractivity contribution in [1.29, 1.82) is 0 Å². The second kappa shape index (κ2) is 13.1. The van der Waals surface area contributed by atoms with Gasteiger partial charge in [0.25, 0.3) is 0 Å². The van der Waals surface area contributed by atoms with Crippen LogP contribution in [0.3, 0.4) is 0 Å². The summed E-state index contributed by atoms with van der Waals surface area (Å²) < 4.78 is 18.2. The Morgan fingerprint density at radius 2 is 1.81 bits per heavy atom. The Morgan fingerprint density at radius 1 is 1.07 bits per heavy atom. The molecule has 1 amide bonds. The van der Waals surface area contributed by atoms with E-state index in [9.17, 15) is 9.59 Å². The van der Waals surface area contributed by atoms with Crippen LogP contribution in [-0.2, 0) is 22.4 Å². The highest BCUT2D eigenvalue weighted by Gasteiger charge is 2.30. The lowest BCUT2D eigenvalue weighted by atomic mass is 9.90. The summed E-state index contributed by atoms with van der Waals surface area (Å²) in [5, 5.41) is 2.85. The van der Waals surface area contributed by atoms with Gasteiger partial charge >= 0.3 is 12.2 Å². The van der Waals surface area contributed by atoms with Crippen LogP contribution in [0.2, 0.25) is 0 Å². The molecule has 10 heteroatoms. The third kappa shape index (κ3) is 8.21. The maximum absolute atomic E-state index is 13.4. The monoisotopic (exact) mass is 579 g/mol. The molecule has 0 radical (unpaired) electrons. The van der Waals surface area contributed by atoms with Crippen LogP contribution in [0.4, 0.5) is 9.59 Å². The molecule has 1 unspecified atom stereocenters. The van der Waals surface area contributed by atoms with Gasteiger partial charge in [0.15, 0.2) is 0 Å². The number of alkyl carbamates (subject to hydrolysis) is 1. The van der Waals surface area contributed by atoms with Crippen LogP contribution in [0.5, 0.6) is 5.75 Å². The molecule has 0 aliphatic heterocycles. The number of aryl methyl sites for hydroxylation is 1. The number of carbonyl (C=O) groups is 2. The highest BCUT2D eigenvalue weighted by atomic mass is 16.6. The topological polar surface area (TPSA) is 108 Å². The van der Waals surface area contributed by atoms with Gasteiger partial charge in [-0.15, -0.1) is 0 Å². The lowest BCUT2D eigenvalue weighted by Gasteiger charge is -2.35. The summed E-state index contributed by atoms with van der Waals surface area (Å²) in [5.41, 5.74) is 2.50. The van der Waals surface area contributed by atoms with E-state index in [1.54, 1.807) is 17.9 Å². The molecule has 1 aliphatic rings. The molecule has 1 atom stereocenters. The van der Waals surface area contributed by atoms with Crippen molar-refractivity contribution in [2.75, 3.05) is 20.2 Å². The van der Waals surface area contributed by atoms with E-state index < -0.39 is 23.4 Å². The van der Waals surface area contributed by atoms with Gasteiger partial charge in [-0.1, -0.05) is 12.1 Å². The Kier molecular flexibility index (Phi) is 9.76. The average molecular weight is 580 g/mol. The number of fused-ring (bicyclic) bond motifs is 2. The standard InChI is InChI=1S/C32H45N5O5/c1-31(2,3)41-29(38)33-17-10-11-18-36(26-16-12-13-22-19-23(40-7)20-34-28(22)26)21-27-35-24-14-8-9-15-25(24)37(27)30(39)42-32(4,5)6/h8-9,14-15,19-20,26H,10-13,16-18,21H2,1-7H3,(H,33,38). The molecular formula is C32H45N5O5. The minimum Gasteiger partial charge on any atom is -0.495 e. The fourth-order valence-corrected chi connectivity index (χ4v) is 5.25. The number of methoxy groups -OCH3 is 1. The summed E-state index contributed by atoms with van der Waals surface area (Å²) in [4.78, 5) is 37.6. The van der Waals surface area contributed by atoms with E-state index in [2.05, 4.69) is 16.3 Å². The third-order valence-corrected chi connectivity index (χ3v) is 6.98. The Labute approximate surface area is 248 Å². The maximum Gasteiger partial charge on any atom is 0.420 e. The van der Waals surface area contributed by atoms with Gasteiger partial charge in [-0.3, -0.25) is 9.88 Å². The molecule has 2 aromatic heterocycles. The first-order chi connectivity index (χ1) is 19.8. The first kappa shape index (κ1) is 31.3. The van der Waals surface area contributed by atoms with E-state index >= 15 is 0 Å². The number of unbranched alkanes of at least 4 members (excludes halogenated alkanes) is 1. The Hall–Kier alpha value is -3.66. The van der Waals surface area contributed by atoms with Gasteiger partial charge in [0.05, 0.1) is 42.6 Å². The van der Waals surface area contributed by atoms with Gasteiger partial charge in [-0.2, -0.15) is 0 Å². The molecule has 4 rings (SSSR count). The van der Waals surface area contributed by atoms with Crippen LogP contribution in [-0.4, -0.2) is 63.0 Å². The Balaban J connectivity index is 1.60. The van der Waals surface area contributed by atoms with Crippen molar-refractivity contribution in [2.45, 2.75) is 97.4 Å². The van der Waals surface area contributed by atoms with Crippen molar-refractivity contribution in [1.82, 2.24) is 24.8 Å². The zero-order chi connectivity index (χ0) is 30.5. The normalized spacial score (nSPS) is 15.4. The first-order valence-electron chi connectivity index (χ1n) is 14.8. The highest BCUT2D eigenvalue weighted by Crippen LogP contribution is 2.36. The third-order valence-electron chi connectivity index (χ3n) is 6.98. The molecule has 1 aromatic carbocycles. The number of rotatable bonds is 9. The van der Waals surface area contributed by atoms with Crippen molar-refractivity contribution in [3.63, 3.8) is 0 Å². The summed E-state index contributed by atoms with van der Waals surface area (Å²) in [5.74, 6) is 1.37. The van der Waals surface area contributed by atoms with Gasteiger partial charge < -0.3 is 19.5 Å². The number of nitrogens with one attached hydrogen (secondary N) is 1. The second-order valence-corrected chi connectivity index (χ2v) is 12.8. The van der Waals surface area contributed by atoms with Crippen molar-refractivity contribution >= 4 is 23.2 Å². The van der Waals surface area contributed by atoms with Gasteiger partial charge in [0.2, 0.25) is 0 Å². The number of hydrogen-bond acceptors (Lipinski definition) is 8. The van der Waals surface area contributed by atoms with E-state index in [0.29, 0.717) is 18.9 Å². The SMILES string of the molecule is COc1cnc2c(c1)CCCC2N(CCCCNC(=O)OC(C)(C)C)Cc1nc2ccccc2n1C(=O)OC(C)(C)C. The van der Waals surface area contributed by atoms with Gasteiger partial charge in [0.1, 0.15) is 22.8 Å². The minimum absolute atomic E-state index is 0.0466. The van der Waals surface area contributed by atoms with Crippen molar-refractivity contribution < 1.29 is 23.8 Å². The van der Waals surface area contributed by atoms with Gasteiger partial charge in [-0.05, 0) is 104 Å². The quantitative estimate of drug-likeness (QED) is 0.290. The lowest BCUT2D eigenvalue weighted by Crippen LogP contribution is -2.36. The predicted molar refractivity (Wildman–Crippen MR) is 162 cm³/mol. The molecule has 1 aliphatic carbocycles. The molecule has 1 N–H and O–H groups in total. The molecule has 3 aromatic rings. The van der Waals surface area contributed by atoms with E-state index in [0.717, 1.165) is 61.1 Å². The molecule has 0 spiro atoms. The number of carbonyl (C=O) groups excluding carboxylic acids is 2. The molecule has 0 fully saturated rings. The zero-order valence-electron chi connectivity index (χ0n) is 26.0. The maximum atomic E-state index is 13.4. The van der Waals surface area contributed by atoms with Crippen LogP contribution in [0.15, 0.2) is 36.5 Å². The summed E-state index contributed by atoms with van der Waals surface area (Å²) in [6.07, 6.45) is 5.42. The molecule has 0 saturated carbocycles. The van der Waals surface area contributed by atoms with Crippen molar-refractivity contribution in [2.24, 2.45) is 0 Å². The molecule has 0 bridgehead atoms. The number of aromatic nitrogens is 3. The highest BCUT2D eigenvalue weighted by molar-refractivity contribution is 5.87. The number of pyridine rings is 1. The summed E-state index contributed by atoms with van der Waals surface area (Å²) in [7, 11) is 1.66. The molecule has 2 heterocycles. The van der Waals surface area contributed by atoms with E-state index in [1.165, 1.54) is 5.56 Å². The number of amides is 1. The van der Waals surface area contributed by atoms with Crippen LogP contribution >= 0.6 is 0 Å². The molecule has 0 saturated heterocycles. The van der Waals surface area contributed by atoms with Crippen LogP contribution in [0.1, 0.15) is 90.3 Å². The van der Waals surface area contributed by atoms with E-state index in [1.807, 2.05) is 65.8 Å². The average Bonchev–Trinajstić information content (AvgIpc) is 3.27. The Bertz CT molecular complexity index is 1390. The largest absolute Gasteiger partial charge is 0.495 e. The van der Waals surface area contributed by atoms with Crippen LogP contribution < -0.4 is 10.1 Å². The smallest absolute Gasteiger partial charge is 0.420 e. The van der Waals surface area contributed by atoms with Gasteiger partial charge in [-0.25, -0.2) is 19.1 Å². The zero-order valence-corrected chi connectivity index (χ0v) is 26.0. The fraction of sp³-hybridized carbons (Fsp3) is 0.562. The number of hydrogen-bond donors (Lipinski definition) is 1.